The van der Waals surface area contributed by atoms with Gasteiger partial charge in [-0.05, 0) is 25.7 Å². The maximum Gasteiger partial charge on any atom is 0.273 e. The lowest BCUT2D eigenvalue weighted by atomic mass is 9.83. The van der Waals surface area contributed by atoms with Gasteiger partial charge in [0.25, 0.3) is 5.91 Å². The van der Waals surface area contributed by atoms with E-state index < -0.39 is 0 Å². The highest BCUT2D eigenvalue weighted by molar-refractivity contribution is 7.09. The summed E-state index contributed by atoms with van der Waals surface area (Å²) in [5, 5.41) is 12.4. The number of aryl methyl sites for hydroxylation is 1. The first kappa shape index (κ1) is 16.4. The molecule has 0 spiro atoms. The molecule has 0 bridgehead atoms. The Hall–Kier alpha value is -1.45. The van der Waals surface area contributed by atoms with Crippen molar-refractivity contribution in [3.05, 3.63) is 16.1 Å². The van der Waals surface area contributed by atoms with Gasteiger partial charge in [-0.2, -0.15) is 5.26 Å². The van der Waals surface area contributed by atoms with Crippen molar-refractivity contribution in [1.29, 1.82) is 5.26 Å². The van der Waals surface area contributed by atoms with E-state index in [1.54, 1.807) is 0 Å². The van der Waals surface area contributed by atoms with Crippen LogP contribution < -0.4 is 0 Å². The van der Waals surface area contributed by atoms with E-state index in [-0.39, 0.29) is 11.9 Å². The monoisotopic (exact) mass is 332 g/mol. The van der Waals surface area contributed by atoms with Gasteiger partial charge in [0.2, 0.25) is 0 Å². The van der Waals surface area contributed by atoms with Crippen molar-refractivity contribution < 1.29 is 4.79 Å². The van der Waals surface area contributed by atoms with Crippen LogP contribution in [0.4, 0.5) is 0 Å². The minimum atomic E-state index is 0.0223. The molecule has 1 saturated heterocycles. The summed E-state index contributed by atoms with van der Waals surface area (Å²) in [6.07, 6.45) is 6.17. The Balaban J connectivity index is 1.57. The van der Waals surface area contributed by atoms with Gasteiger partial charge in [-0.1, -0.05) is 19.3 Å². The second kappa shape index (κ2) is 7.41. The predicted molar refractivity (Wildman–Crippen MR) is 90.3 cm³/mol. The van der Waals surface area contributed by atoms with Crippen LogP contribution in [0.1, 0.15) is 47.6 Å². The average Bonchev–Trinajstić information content (AvgIpc) is 3.03. The highest BCUT2D eigenvalue weighted by Gasteiger charge is 2.32. The number of nitrogens with zero attached hydrogens (tertiary/aromatic N) is 4. The van der Waals surface area contributed by atoms with Gasteiger partial charge < -0.3 is 4.90 Å². The number of rotatable bonds is 3. The first-order valence-electron chi connectivity index (χ1n) is 8.54. The van der Waals surface area contributed by atoms with Gasteiger partial charge in [-0.15, -0.1) is 11.3 Å². The van der Waals surface area contributed by atoms with E-state index in [4.69, 9.17) is 0 Å². The number of hydrogen-bond acceptors (Lipinski definition) is 5. The zero-order valence-corrected chi connectivity index (χ0v) is 14.5. The molecule has 1 atom stereocenters. The summed E-state index contributed by atoms with van der Waals surface area (Å²) in [6.45, 7) is 4.90. The smallest absolute Gasteiger partial charge is 0.273 e. The minimum Gasteiger partial charge on any atom is -0.335 e. The molecule has 2 heterocycles. The molecular formula is C17H24N4OS. The van der Waals surface area contributed by atoms with Crippen LogP contribution in [-0.4, -0.2) is 52.9 Å². The summed E-state index contributed by atoms with van der Waals surface area (Å²) in [6, 6.07) is 2.55. The molecule has 0 unspecified atom stereocenters. The van der Waals surface area contributed by atoms with E-state index in [0.717, 1.165) is 18.1 Å². The summed E-state index contributed by atoms with van der Waals surface area (Å²) in [7, 11) is 0. The minimum absolute atomic E-state index is 0.0223. The second-order valence-corrected chi connectivity index (χ2v) is 7.61. The highest BCUT2D eigenvalue weighted by atomic mass is 32.1. The molecule has 124 valence electrons. The summed E-state index contributed by atoms with van der Waals surface area (Å²) in [4.78, 5) is 20.9. The van der Waals surface area contributed by atoms with Gasteiger partial charge >= 0.3 is 0 Å². The second-order valence-electron chi connectivity index (χ2n) is 6.55. The van der Waals surface area contributed by atoms with Crippen LogP contribution in [0.25, 0.3) is 0 Å². The molecule has 23 heavy (non-hydrogen) atoms. The molecule has 1 aromatic heterocycles. The first-order valence-corrected chi connectivity index (χ1v) is 9.42. The zero-order valence-electron chi connectivity index (χ0n) is 13.7. The molecule has 1 saturated carbocycles. The van der Waals surface area contributed by atoms with Crippen molar-refractivity contribution in [2.24, 2.45) is 5.92 Å². The number of piperazine rings is 1. The SMILES string of the molecule is Cc1nc(C(=O)N2CCN([C@H](C#N)C3CCCCC3)CC2)cs1. The number of carbonyl (C=O) groups is 1. The Morgan fingerprint density at radius 2 is 2.00 bits per heavy atom. The Bertz CT molecular complexity index is 580. The number of aromatic nitrogens is 1. The number of amides is 1. The third-order valence-electron chi connectivity index (χ3n) is 5.06. The molecule has 5 nitrogen and oxygen atoms in total. The summed E-state index contributed by atoms with van der Waals surface area (Å²) in [5.74, 6) is 0.539. The number of thiazole rings is 1. The van der Waals surface area contributed by atoms with Crippen molar-refractivity contribution in [3.8, 4) is 6.07 Å². The van der Waals surface area contributed by atoms with Crippen LogP contribution in [0.2, 0.25) is 0 Å². The Morgan fingerprint density at radius 3 is 2.57 bits per heavy atom. The Kier molecular flexibility index (Phi) is 5.29. The lowest BCUT2D eigenvalue weighted by molar-refractivity contribution is 0.0534. The van der Waals surface area contributed by atoms with E-state index in [1.165, 1.54) is 43.4 Å². The van der Waals surface area contributed by atoms with Crippen LogP contribution in [0, 0.1) is 24.2 Å². The molecular weight excluding hydrogens is 308 g/mol. The normalized spacial score (nSPS) is 21.8. The summed E-state index contributed by atoms with van der Waals surface area (Å²) >= 11 is 1.51. The van der Waals surface area contributed by atoms with Crippen molar-refractivity contribution in [2.45, 2.75) is 45.1 Å². The number of nitriles is 1. The van der Waals surface area contributed by atoms with E-state index in [0.29, 0.717) is 24.7 Å². The Labute approximate surface area is 141 Å². The summed E-state index contributed by atoms with van der Waals surface area (Å²) in [5.41, 5.74) is 0.560. The third kappa shape index (κ3) is 3.73. The molecule has 6 heteroatoms. The maximum absolute atomic E-state index is 12.4. The lowest BCUT2D eigenvalue weighted by Crippen LogP contribution is -2.53. The third-order valence-corrected chi connectivity index (χ3v) is 5.84. The fourth-order valence-corrected chi connectivity index (χ4v) is 4.35. The quantitative estimate of drug-likeness (QED) is 0.854. The molecule has 1 amide bonds. The van der Waals surface area contributed by atoms with Crippen LogP contribution in [0.3, 0.4) is 0 Å². The van der Waals surface area contributed by atoms with E-state index >= 15 is 0 Å². The van der Waals surface area contributed by atoms with Crippen molar-refractivity contribution >= 4 is 17.2 Å². The maximum atomic E-state index is 12.4. The topological polar surface area (TPSA) is 60.2 Å². The molecule has 0 aromatic carbocycles. The molecule has 2 fully saturated rings. The van der Waals surface area contributed by atoms with Gasteiger partial charge in [0.15, 0.2) is 0 Å². The van der Waals surface area contributed by atoms with Crippen LogP contribution >= 0.6 is 11.3 Å². The van der Waals surface area contributed by atoms with Gasteiger partial charge in [0.1, 0.15) is 11.7 Å². The van der Waals surface area contributed by atoms with Gasteiger partial charge in [0, 0.05) is 31.6 Å². The molecule has 0 radical (unpaired) electrons. The highest BCUT2D eigenvalue weighted by Crippen LogP contribution is 2.29. The predicted octanol–water partition coefficient (Wildman–Crippen LogP) is 2.68. The van der Waals surface area contributed by atoms with Crippen molar-refractivity contribution in [2.75, 3.05) is 26.2 Å². The van der Waals surface area contributed by atoms with E-state index in [2.05, 4.69) is 16.0 Å². The van der Waals surface area contributed by atoms with Gasteiger partial charge in [-0.3, -0.25) is 9.69 Å². The number of hydrogen-bond donors (Lipinski definition) is 0. The first-order chi connectivity index (χ1) is 11.2. The zero-order chi connectivity index (χ0) is 16.2. The molecule has 1 aliphatic carbocycles. The van der Waals surface area contributed by atoms with Crippen LogP contribution in [0.5, 0.6) is 0 Å². The van der Waals surface area contributed by atoms with Gasteiger partial charge in [-0.25, -0.2) is 4.98 Å². The van der Waals surface area contributed by atoms with Gasteiger partial charge in [0.05, 0.1) is 11.1 Å². The lowest BCUT2D eigenvalue weighted by Gasteiger charge is -2.40. The van der Waals surface area contributed by atoms with E-state index in [9.17, 15) is 10.1 Å². The molecule has 2 aliphatic rings. The van der Waals surface area contributed by atoms with Crippen LogP contribution in [-0.2, 0) is 0 Å². The van der Waals surface area contributed by atoms with Crippen molar-refractivity contribution in [3.63, 3.8) is 0 Å². The molecule has 1 aliphatic heterocycles. The summed E-state index contributed by atoms with van der Waals surface area (Å²) < 4.78 is 0. The largest absolute Gasteiger partial charge is 0.335 e. The van der Waals surface area contributed by atoms with Crippen molar-refractivity contribution in [1.82, 2.24) is 14.8 Å². The average molecular weight is 332 g/mol. The molecule has 0 N–H and O–H groups in total. The standard InChI is InChI=1S/C17H24N4OS/c1-13-19-15(12-23-13)17(22)21-9-7-20(8-10-21)16(11-18)14-5-3-2-4-6-14/h12,14,16H,2-10H2,1H3/t16-/m1/s1. The Morgan fingerprint density at radius 1 is 1.30 bits per heavy atom. The molecule has 1 aromatic rings. The number of carbonyl (C=O) groups excluding carboxylic acids is 1. The molecule has 3 rings (SSSR count). The fraction of sp³-hybridized carbons (Fsp3) is 0.706. The van der Waals surface area contributed by atoms with Crippen LogP contribution in [0.15, 0.2) is 5.38 Å². The fourth-order valence-electron chi connectivity index (χ4n) is 3.76. The van der Waals surface area contributed by atoms with E-state index in [1.807, 2.05) is 17.2 Å².